The summed E-state index contributed by atoms with van der Waals surface area (Å²) in [5.41, 5.74) is 3.12. The van der Waals surface area contributed by atoms with Crippen molar-refractivity contribution in [1.29, 1.82) is 0 Å². The van der Waals surface area contributed by atoms with Crippen molar-refractivity contribution in [3.05, 3.63) is 93.2 Å². The van der Waals surface area contributed by atoms with Gasteiger partial charge >= 0.3 is 0 Å². The van der Waals surface area contributed by atoms with Crippen molar-refractivity contribution in [1.82, 2.24) is 9.47 Å². The fourth-order valence-corrected chi connectivity index (χ4v) is 4.85. The number of hydrogen-bond donors (Lipinski definition) is 0. The van der Waals surface area contributed by atoms with Crippen LogP contribution in [-0.4, -0.2) is 22.4 Å². The van der Waals surface area contributed by atoms with Crippen LogP contribution >= 0.6 is 27.3 Å². The Kier molecular flexibility index (Phi) is 5.33. The summed E-state index contributed by atoms with van der Waals surface area (Å²) in [5, 5.41) is 0. The average molecular weight is 457 g/mol. The molecule has 142 valence electrons. The predicted octanol–water partition coefficient (Wildman–Crippen LogP) is 5.92. The fraction of sp³-hybridized carbons (Fsp3) is 0.136. The molecule has 0 aliphatic rings. The van der Waals surface area contributed by atoms with Gasteiger partial charge in [-0.1, -0.05) is 48.5 Å². The minimum atomic E-state index is -0.269. The minimum absolute atomic E-state index is 0.0836. The molecule has 0 aliphatic heterocycles. The van der Waals surface area contributed by atoms with Crippen molar-refractivity contribution in [3.63, 3.8) is 0 Å². The highest BCUT2D eigenvalue weighted by atomic mass is 79.9. The van der Waals surface area contributed by atoms with Gasteiger partial charge in [-0.25, -0.2) is 4.39 Å². The molecule has 0 radical (unpaired) electrons. The minimum Gasteiger partial charge on any atom is -0.336 e. The van der Waals surface area contributed by atoms with Gasteiger partial charge in [0, 0.05) is 19.2 Å². The van der Waals surface area contributed by atoms with Crippen LogP contribution in [0.2, 0.25) is 0 Å². The van der Waals surface area contributed by atoms with Gasteiger partial charge in [-0.15, -0.1) is 11.3 Å². The lowest BCUT2D eigenvalue weighted by Gasteiger charge is -2.19. The third-order valence-electron chi connectivity index (χ3n) is 4.67. The second-order valence-corrected chi connectivity index (χ2v) is 9.12. The van der Waals surface area contributed by atoms with Gasteiger partial charge in [0.2, 0.25) is 0 Å². The number of halogens is 2. The summed E-state index contributed by atoms with van der Waals surface area (Å²) < 4.78 is 18.1. The van der Waals surface area contributed by atoms with Crippen molar-refractivity contribution in [3.8, 4) is 0 Å². The van der Waals surface area contributed by atoms with Crippen LogP contribution in [0.3, 0.4) is 0 Å². The van der Waals surface area contributed by atoms with Gasteiger partial charge in [-0.3, -0.25) is 4.79 Å². The average Bonchev–Trinajstić information content (AvgIpc) is 3.20. The van der Waals surface area contributed by atoms with Crippen LogP contribution in [0.4, 0.5) is 4.39 Å². The third kappa shape index (κ3) is 3.75. The van der Waals surface area contributed by atoms with Crippen molar-refractivity contribution >= 4 is 43.4 Å². The second kappa shape index (κ2) is 7.89. The van der Waals surface area contributed by atoms with Gasteiger partial charge in [-0.05, 0) is 39.7 Å². The maximum absolute atomic E-state index is 14.3. The van der Waals surface area contributed by atoms with Crippen LogP contribution in [0.1, 0.15) is 21.6 Å². The highest BCUT2D eigenvalue weighted by Crippen LogP contribution is 2.33. The number of thiophene rings is 1. The summed E-state index contributed by atoms with van der Waals surface area (Å²) >= 11 is 5.07. The molecular formula is C22H18BrFN2OS. The quantitative estimate of drug-likeness (QED) is 0.365. The van der Waals surface area contributed by atoms with E-state index in [1.165, 1.54) is 6.07 Å². The molecule has 6 heteroatoms. The molecule has 4 rings (SSSR count). The number of amides is 1. The second-order valence-electron chi connectivity index (χ2n) is 6.65. The van der Waals surface area contributed by atoms with Crippen LogP contribution in [0, 0.1) is 5.82 Å². The van der Waals surface area contributed by atoms with Gasteiger partial charge in [0.1, 0.15) is 11.5 Å². The van der Waals surface area contributed by atoms with E-state index < -0.39 is 0 Å². The van der Waals surface area contributed by atoms with Crippen molar-refractivity contribution in [2.45, 2.75) is 13.1 Å². The van der Waals surface area contributed by atoms with Crippen LogP contribution in [0.25, 0.3) is 10.2 Å². The molecule has 2 aromatic heterocycles. The first kappa shape index (κ1) is 18.9. The summed E-state index contributed by atoms with van der Waals surface area (Å²) in [4.78, 5) is 14.9. The van der Waals surface area contributed by atoms with E-state index in [-0.39, 0.29) is 11.7 Å². The number of carbonyl (C=O) groups is 1. The largest absolute Gasteiger partial charge is 0.336 e. The number of rotatable bonds is 5. The first-order valence-electron chi connectivity index (χ1n) is 8.84. The molecule has 0 saturated heterocycles. The maximum atomic E-state index is 14.3. The topological polar surface area (TPSA) is 25.2 Å². The molecule has 0 saturated carbocycles. The predicted molar refractivity (Wildman–Crippen MR) is 115 cm³/mol. The molecule has 28 heavy (non-hydrogen) atoms. The van der Waals surface area contributed by atoms with E-state index in [1.54, 1.807) is 35.4 Å². The zero-order chi connectivity index (χ0) is 19.7. The first-order valence-corrected chi connectivity index (χ1v) is 10.5. The lowest BCUT2D eigenvalue weighted by atomic mass is 10.2. The van der Waals surface area contributed by atoms with Crippen LogP contribution in [0.15, 0.2) is 70.5 Å². The van der Waals surface area contributed by atoms with E-state index in [4.69, 9.17) is 0 Å². The lowest BCUT2D eigenvalue weighted by Crippen LogP contribution is -2.28. The molecule has 0 N–H and O–H groups in total. The van der Waals surface area contributed by atoms with Gasteiger partial charge in [0.25, 0.3) is 5.91 Å². The summed E-state index contributed by atoms with van der Waals surface area (Å²) in [6.07, 6.45) is 0. The van der Waals surface area contributed by atoms with E-state index in [0.717, 1.165) is 19.6 Å². The number of nitrogens with zero attached hydrogens (tertiary/aromatic N) is 2. The highest BCUT2D eigenvalue weighted by molar-refractivity contribution is 9.11. The lowest BCUT2D eigenvalue weighted by molar-refractivity contribution is 0.0775. The monoisotopic (exact) mass is 456 g/mol. The highest BCUT2D eigenvalue weighted by Gasteiger charge is 2.21. The molecule has 4 aromatic rings. The van der Waals surface area contributed by atoms with Crippen LogP contribution in [-0.2, 0) is 13.1 Å². The Morgan fingerprint density at radius 1 is 1.11 bits per heavy atom. The Labute approximate surface area is 175 Å². The van der Waals surface area contributed by atoms with Crippen molar-refractivity contribution < 1.29 is 9.18 Å². The Bertz CT molecular complexity index is 1140. The fourth-order valence-electron chi connectivity index (χ4n) is 3.28. The maximum Gasteiger partial charge on any atom is 0.270 e. The van der Waals surface area contributed by atoms with Gasteiger partial charge in [0.15, 0.2) is 0 Å². The van der Waals surface area contributed by atoms with Gasteiger partial charge in [0.05, 0.1) is 20.5 Å². The SMILES string of the molecule is CN(Cc1ccccc1)C(=O)c1cc2sc(Br)cc2n1Cc1ccccc1F. The molecule has 2 aromatic carbocycles. The summed E-state index contributed by atoms with van der Waals surface area (Å²) in [6.45, 7) is 0.821. The number of carbonyl (C=O) groups excluding carboxylic acids is 1. The normalized spacial score (nSPS) is 11.1. The zero-order valence-electron chi connectivity index (χ0n) is 15.2. The van der Waals surface area contributed by atoms with E-state index in [0.29, 0.717) is 24.3 Å². The Hall–Kier alpha value is -2.44. The molecular weight excluding hydrogens is 439 g/mol. The Morgan fingerprint density at radius 2 is 1.82 bits per heavy atom. The number of benzene rings is 2. The molecule has 1 amide bonds. The molecule has 0 spiro atoms. The molecule has 0 bridgehead atoms. The summed E-state index contributed by atoms with van der Waals surface area (Å²) in [7, 11) is 1.79. The van der Waals surface area contributed by atoms with Crippen LogP contribution in [0.5, 0.6) is 0 Å². The number of hydrogen-bond acceptors (Lipinski definition) is 2. The van der Waals surface area contributed by atoms with Gasteiger partial charge < -0.3 is 9.47 Å². The molecule has 0 atom stereocenters. The van der Waals surface area contributed by atoms with Gasteiger partial charge in [-0.2, -0.15) is 0 Å². The Morgan fingerprint density at radius 3 is 2.57 bits per heavy atom. The van der Waals surface area contributed by atoms with E-state index in [1.807, 2.05) is 53.1 Å². The van der Waals surface area contributed by atoms with Crippen LogP contribution < -0.4 is 0 Å². The zero-order valence-corrected chi connectivity index (χ0v) is 17.6. The van der Waals surface area contributed by atoms with E-state index >= 15 is 0 Å². The van der Waals surface area contributed by atoms with Crippen molar-refractivity contribution in [2.75, 3.05) is 7.05 Å². The molecule has 3 nitrogen and oxygen atoms in total. The molecule has 0 aliphatic carbocycles. The molecule has 0 fully saturated rings. The number of aromatic nitrogens is 1. The standard InChI is InChI=1S/C22H18BrFN2OS/c1-25(13-15-7-3-2-4-8-15)22(27)19-11-20-18(12-21(23)28-20)26(19)14-16-9-5-6-10-17(16)24/h2-12H,13-14H2,1H3. The molecule has 0 unspecified atom stereocenters. The molecule has 2 heterocycles. The smallest absolute Gasteiger partial charge is 0.270 e. The summed E-state index contributed by atoms with van der Waals surface area (Å²) in [5.74, 6) is -0.352. The number of fused-ring (bicyclic) bond motifs is 1. The third-order valence-corrected chi connectivity index (χ3v) is 6.25. The van der Waals surface area contributed by atoms with E-state index in [9.17, 15) is 9.18 Å². The van der Waals surface area contributed by atoms with Crippen molar-refractivity contribution in [2.24, 2.45) is 0 Å². The summed E-state index contributed by atoms with van der Waals surface area (Å²) in [6, 6.07) is 20.4. The first-order chi connectivity index (χ1) is 13.5. The van der Waals surface area contributed by atoms with E-state index in [2.05, 4.69) is 15.9 Å². The Balaban J connectivity index is 1.71.